The van der Waals surface area contributed by atoms with Crippen molar-refractivity contribution in [2.75, 3.05) is 5.32 Å². The molecule has 0 aromatic heterocycles. The molecule has 2 aromatic carbocycles. The summed E-state index contributed by atoms with van der Waals surface area (Å²) < 4.78 is 0. The van der Waals surface area contributed by atoms with Crippen LogP contribution in [-0.2, 0) is 5.41 Å². The van der Waals surface area contributed by atoms with Crippen molar-refractivity contribution in [2.45, 2.75) is 39.3 Å². The van der Waals surface area contributed by atoms with Gasteiger partial charge in [-0.15, -0.1) is 0 Å². The fourth-order valence-corrected chi connectivity index (χ4v) is 2.34. The Hall–Kier alpha value is -2.40. The Morgan fingerprint density at radius 1 is 1.09 bits per heavy atom. The van der Waals surface area contributed by atoms with Gasteiger partial charge in [-0.05, 0) is 42.7 Å². The van der Waals surface area contributed by atoms with Gasteiger partial charge in [0.1, 0.15) is 6.23 Å². The Morgan fingerprint density at radius 3 is 2.22 bits per heavy atom. The van der Waals surface area contributed by atoms with Gasteiger partial charge in [-0.2, -0.15) is 0 Å². The molecule has 0 spiro atoms. The number of benzene rings is 2. The maximum atomic E-state index is 10.7. The minimum absolute atomic E-state index is 0.0427. The number of nitro benzene ring substituents is 1. The highest BCUT2D eigenvalue weighted by Crippen LogP contribution is 2.29. The van der Waals surface area contributed by atoms with Gasteiger partial charge in [-0.25, -0.2) is 0 Å². The van der Waals surface area contributed by atoms with E-state index in [9.17, 15) is 15.2 Å². The maximum Gasteiger partial charge on any atom is 0.269 e. The van der Waals surface area contributed by atoms with Gasteiger partial charge in [0, 0.05) is 23.2 Å². The molecule has 2 N–H and O–H groups in total. The number of nitro groups is 1. The van der Waals surface area contributed by atoms with Crippen LogP contribution in [0.1, 0.15) is 30.5 Å². The Kier molecular flexibility index (Phi) is 4.71. The van der Waals surface area contributed by atoms with Crippen molar-refractivity contribution in [2.24, 2.45) is 0 Å². The molecule has 0 aliphatic rings. The van der Waals surface area contributed by atoms with Crippen molar-refractivity contribution in [3.63, 3.8) is 0 Å². The second kappa shape index (κ2) is 6.38. The molecule has 2 rings (SSSR count). The number of aliphatic hydroxyl groups is 1. The first-order chi connectivity index (χ1) is 10.7. The third kappa shape index (κ3) is 3.68. The van der Waals surface area contributed by atoms with Gasteiger partial charge in [-0.3, -0.25) is 10.1 Å². The van der Waals surface area contributed by atoms with Crippen LogP contribution < -0.4 is 5.32 Å². The Bertz CT molecular complexity index is 709. The van der Waals surface area contributed by atoms with Crippen LogP contribution in [0.5, 0.6) is 0 Å². The van der Waals surface area contributed by atoms with Crippen LogP contribution in [0.25, 0.3) is 0 Å². The zero-order valence-corrected chi connectivity index (χ0v) is 13.8. The largest absolute Gasteiger partial charge is 0.373 e. The minimum Gasteiger partial charge on any atom is -0.373 e. The van der Waals surface area contributed by atoms with Gasteiger partial charge < -0.3 is 10.4 Å². The molecule has 0 radical (unpaired) electrons. The monoisotopic (exact) mass is 314 g/mol. The molecule has 0 saturated carbocycles. The standard InChI is InChI=1S/C18H22N2O3/c1-12-5-8-15(11-13(12)2)19-17(21)18(3,4)14-6-9-16(10-7-14)20(22)23/h5-11,17,19,21H,1-4H3. The lowest BCUT2D eigenvalue weighted by Gasteiger charge is -2.32. The molecule has 0 saturated heterocycles. The summed E-state index contributed by atoms with van der Waals surface area (Å²) >= 11 is 0. The highest BCUT2D eigenvalue weighted by Gasteiger charge is 2.30. The summed E-state index contributed by atoms with van der Waals surface area (Å²) in [5, 5.41) is 24.4. The predicted octanol–water partition coefficient (Wildman–Crippen LogP) is 3.92. The first-order valence-electron chi connectivity index (χ1n) is 7.48. The fraction of sp³-hybridized carbons (Fsp3) is 0.333. The topological polar surface area (TPSA) is 75.4 Å². The number of non-ortho nitro benzene ring substituents is 1. The lowest BCUT2D eigenvalue weighted by Crippen LogP contribution is -2.39. The highest BCUT2D eigenvalue weighted by atomic mass is 16.6. The van der Waals surface area contributed by atoms with Crippen LogP contribution >= 0.6 is 0 Å². The summed E-state index contributed by atoms with van der Waals surface area (Å²) in [5.41, 5.74) is 3.45. The number of hydrogen-bond donors (Lipinski definition) is 2. The number of nitrogens with one attached hydrogen (secondary N) is 1. The number of nitrogens with zero attached hydrogens (tertiary/aromatic N) is 1. The number of aliphatic hydroxyl groups excluding tert-OH is 1. The molecule has 122 valence electrons. The summed E-state index contributed by atoms with van der Waals surface area (Å²) in [5.74, 6) is 0. The maximum absolute atomic E-state index is 10.7. The zero-order valence-electron chi connectivity index (χ0n) is 13.8. The zero-order chi connectivity index (χ0) is 17.2. The summed E-state index contributed by atoms with van der Waals surface area (Å²) in [7, 11) is 0. The Balaban J connectivity index is 2.20. The molecular weight excluding hydrogens is 292 g/mol. The van der Waals surface area contributed by atoms with Crippen LogP contribution in [0, 0.1) is 24.0 Å². The van der Waals surface area contributed by atoms with Crippen LogP contribution in [0.15, 0.2) is 42.5 Å². The van der Waals surface area contributed by atoms with Crippen LogP contribution in [0.2, 0.25) is 0 Å². The minimum atomic E-state index is -0.828. The van der Waals surface area contributed by atoms with E-state index in [0.717, 1.165) is 16.8 Å². The van der Waals surface area contributed by atoms with Crippen LogP contribution in [0.3, 0.4) is 0 Å². The van der Waals surface area contributed by atoms with Gasteiger partial charge in [0.2, 0.25) is 0 Å². The number of rotatable bonds is 5. The first-order valence-corrected chi connectivity index (χ1v) is 7.48. The molecule has 0 aliphatic heterocycles. The summed E-state index contributed by atoms with van der Waals surface area (Å²) in [4.78, 5) is 10.3. The third-order valence-corrected chi connectivity index (χ3v) is 4.32. The Morgan fingerprint density at radius 2 is 1.70 bits per heavy atom. The van der Waals surface area contributed by atoms with Crippen molar-refractivity contribution in [1.29, 1.82) is 0 Å². The van der Waals surface area contributed by atoms with E-state index in [4.69, 9.17) is 0 Å². The van der Waals surface area contributed by atoms with E-state index in [1.54, 1.807) is 12.1 Å². The summed E-state index contributed by atoms with van der Waals surface area (Å²) in [6.07, 6.45) is -0.828. The molecule has 5 nitrogen and oxygen atoms in total. The average Bonchev–Trinajstić information content (AvgIpc) is 2.51. The highest BCUT2D eigenvalue weighted by molar-refractivity contribution is 5.49. The number of anilines is 1. The predicted molar refractivity (Wildman–Crippen MR) is 91.7 cm³/mol. The SMILES string of the molecule is Cc1ccc(NC(O)C(C)(C)c2ccc([N+](=O)[O-])cc2)cc1C. The van der Waals surface area contributed by atoms with Crippen molar-refractivity contribution in [3.05, 3.63) is 69.3 Å². The molecule has 1 atom stereocenters. The molecule has 5 heteroatoms. The van der Waals surface area contributed by atoms with E-state index in [1.807, 2.05) is 45.9 Å². The number of aryl methyl sites for hydroxylation is 2. The molecule has 0 fully saturated rings. The van der Waals surface area contributed by atoms with E-state index in [-0.39, 0.29) is 5.69 Å². The van der Waals surface area contributed by atoms with Gasteiger partial charge >= 0.3 is 0 Å². The van der Waals surface area contributed by atoms with Crippen LogP contribution in [0.4, 0.5) is 11.4 Å². The van der Waals surface area contributed by atoms with Gasteiger partial charge in [-0.1, -0.05) is 32.0 Å². The van der Waals surface area contributed by atoms with E-state index in [2.05, 4.69) is 5.32 Å². The fourth-order valence-electron chi connectivity index (χ4n) is 2.34. The normalized spacial score (nSPS) is 12.7. The second-order valence-corrected chi connectivity index (χ2v) is 6.37. The molecule has 2 aromatic rings. The summed E-state index contributed by atoms with van der Waals surface area (Å²) in [6.45, 7) is 7.85. The van der Waals surface area contributed by atoms with Crippen LogP contribution in [-0.4, -0.2) is 16.3 Å². The van der Waals surface area contributed by atoms with Crippen molar-refractivity contribution in [1.82, 2.24) is 0 Å². The molecular formula is C18H22N2O3. The smallest absolute Gasteiger partial charge is 0.269 e. The van der Waals surface area contributed by atoms with E-state index in [0.29, 0.717) is 0 Å². The molecule has 1 unspecified atom stereocenters. The van der Waals surface area contributed by atoms with E-state index in [1.165, 1.54) is 17.7 Å². The second-order valence-electron chi connectivity index (χ2n) is 6.37. The molecule has 0 bridgehead atoms. The molecule has 23 heavy (non-hydrogen) atoms. The summed E-state index contributed by atoms with van der Waals surface area (Å²) in [6, 6.07) is 12.2. The van der Waals surface area contributed by atoms with Gasteiger partial charge in [0.15, 0.2) is 0 Å². The van der Waals surface area contributed by atoms with E-state index >= 15 is 0 Å². The molecule has 0 heterocycles. The van der Waals surface area contributed by atoms with Crippen molar-refractivity contribution < 1.29 is 10.0 Å². The first kappa shape index (κ1) is 17.0. The average molecular weight is 314 g/mol. The quantitative estimate of drug-likeness (QED) is 0.498. The van der Waals surface area contributed by atoms with Crippen molar-refractivity contribution in [3.8, 4) is 0 Å². The molecule has 0 aliphatic carbocycles. The van der Waals surface area contributed by atoms with Gasteiger partial charge in [0.05, 0.1) is 4.92 Å². The lowest BCUT2D eigenvalue weighted by atomic mass is 9.82. The molecule has 0 amide bonds. The Labute approximate surface area is 136 Å². The third-order valence-electron chi connectivity index (χ3n) is 4.32. The van der Waals surface area contributed by atoms with Crippen molar-refractivity contribution >= 4 is 11.4 Å². The van der Waals surface area contributed by atoms with E-state index < -0.39 is 16.6 Å². The van der Waals surface area contributed by atoms with Gasteiger partial charge in [0.25, 0.3) is 5.69 Å². The lowest BCUT2D eigenvalue weighted by molar-refractivity contribution is -0.384. The number of hydrogen-bond acceptors (Lipinski definition) is 4.